The minimum Gasteiger partial charge on any atom is -0.370 e. The first kappa shape index (κ1) is 21.3. The number of pyridine rings is 1. The Morgan fingerprint density at radius 3 is 2.79 bits per heavy atom. The molecule has 24 heavy (non-hydrogen) atoms. The molecule has 1 aromatic heterocycles. The summed E-state index contributed by atoms with van der Waals surface area (Å²) >= 11 is 2.07. The fraction of sp³-hybridized carbons (Fsp3) is 0.647. The molecule has 136 valence electrons. The number of anilines is 1. The van der Waals surface area contributed by atoms with E-state index in [4.69, 9.17) is 0 Å². The normalized spacial score (nSPS) is 20.3. The van der Waals surface area contributed by atoms with Gasteiger partial charge in [-0.15, -0.1) is 24.0 Å². The lowest BCUT2D eigenvalue weighted by Gasteiger charge is -2.24. The number of nitrogens with zero attached hydrogens (tertiary/aromatic N) is 2. The van der Waals surface area contributed by atoms with Gasteiger partial charge in [0, 0.05) is 37.6 Å². The molecule has 1 aliphatic heterocycles. The van der Waals surface area contributed by atoms with E-state index in [-0.39, 0.29) is 24.0 Å². The quantitative estimate of drug-likeness (QED) is 0.239. The number of aliphatic imine (C=N–C) groups is 1. The van der Waals surface area contributed by atoms with Gasteiger partial charge in [-0.3, -0.25) is 4.99 Å². The largest absolute Gasteiger partial charge is 0.370 e. The van der Waals surface area contributed by atoms with Crippen molar-refractivity contribution >= 4 is 47.5 Å². The zero-order chi connectivity index (χ0) is 16.4. The molecule has 1 atom stereocenters. The van der Waals surface area contributed by atoms with Gasteiger partial charge in [-0.2, -0.15) is 11.8 Å². The summed E-state index contributed by atoms with van der Waals surface area (Å²) in [5, 5.41) is 10.2. The molecule has 1 unspecified atom stereocenters. The molecule has 0 amide bonds. The predicted molar refractivity (Wildman–Crippen MR) is 117 cm³/mol. The van der Waals surface area contributed by atoms with Crippen molar-refractivity contribution < 1.29 is 0 Å². The second-order valence-electron chi connectivity index (χ2n) is 6.10. The Balaban J connectivity index is 0.00000288. The Morgan fingerprint density at radius 2 is 2.12 bits per heavy atom. The highest BCUT2D eigenvalue weighted by Gasteiger charge is 2.29. The molecule has 1 saturated heterocycles. The maximum atomic E-state index is 4.31. The van der Waals surface area contributed by atoms with Crippen molar-refractivity contribution in [2.24, 2.45) is 4.99 Å². The summed E-state index contributed by atoms with van der Waals surface area (Å²) in [6.45, 7) is 5.21. The Hall–Kier alpha value is -0.700. The minimum absolute atomic E-state index is 0. The van der Waals surface area contributed by atoms with Crippen molar-refractivity contribution in [3.63, 3.8) is 0 Å². The first-order valence-corrected chi connectivity index (χ1v) is 9.44. The third kappa shape index (κ3) is 7.92. The number of hydrogen-bond acceptors (Lipinski definition) is 4. The highest BCUT2D eigenvalue weighted by molar-refractivity contribution is 14.0. The second kappa shape index (κ2) is 11.8. The molecular formula is C17H30IN5S. The van der Waals surface area contributed by atoms with Crippen molar-refractivity contribution in [2.75, 3.05) is 37.8 Å². The van der Waals surface area contributed by atoms with Gasteiger partial charge in [0.25, 0.3) is 0 Å². The number of nitrogens with one attached hydrogen (secondary N) is 3. The van der Waals surface area contributed by atoms with Crippen LogP contribution in [0.1, 0.15) is 32.6 Å². The Labute approximate surface area is 167 Å². The van der Waals surface area contributed by atoms with Gasteiger partial charge in [0.05, 0.1) is 0 Å². The number of unbranched alkanes of at least 4 members (excludes halogenated alkanes) is 1. The van der Waals surface area contributed by atoms with Crippen LogP contribution in [-0.2, 0) is 0 Å². The van der Waals surface area contributed by atoms with Crippen LogP contribution in [0.2, 0.25) is 0 Å². The lowest BCUT2D eigenvalue weighted by atomic mass is 10.1. The first-order chi connectivity index (χ1) is 11.2. The molecule has 2 rings (SSSR count). The number of guanidine groups is 1. The Morgan fingerprint density at radius 1 is 1.29 bits per heavy atom. The number of thioether (sulfide) groups is 1. The number of rotatable bonds is 8. The summed E-state index contributed by atoms with van der Waals surface area (Å²) < 4.78 is 0.365. The van der Waals surface area contributed by atoms with Crippen molar-refractivity contribution in [3.8, 4) is 0 Å². The van der Waals surface area contributed by atoms with Crippen LogP contribution in [0.5, 0.6) is 0 Å². The van der Waals surface area contributed by atoms with E-state index in [1.807, 2.05) is 31.4 Å². The van der Waals surface area contributed by atoms with Crippen LogP contribution in [0.25, 0.3) is 0 Å². The summed E-state index contributed by atoms with van der Waals surface area (Å²) in [6, 6.07) is 5.92. The van der Waals surface area contributed by atoms with E-state index in [2.05, 4.69) is 44.6 Å². The van der Waals surface area contributed by atoms with Gasteiger partial charge in [0.1, 0.15) is 5.82 Å². The monoisotopic (exact) mass is 463 g/mol. The summed E-state index contributed by atoms with van der Waals surface area (Å²) in [7, 11) is 1.84. The van der Waals surface area contributed by atoms with Gasteiger partial charge in [-0.25, -0.2) is 4.98 Å². The molecule has 1 fully saturated rings. The number of aromatic nitrogens is 1. The molecule has 0 bridgehead atoms. The third-order valence-corrected chi connectivity index (χ3v) is 5.56. The summed E-state index contributed by atoms with van der Waals surface area (Å²) in [5.74, 6) is 3.14. The molecule has 0 spiro atoms. The highest BCUT2D eigenvalue weighted by atomic mass is 127. The first-order valence-electron chi connectivity index (χ1n) is 8.45. The van der Waals surface area contributed by atoms with Crippen LogP contribution in [0.3, 0.4) is 0 Å². The van der Waals surface area contributed by atoms with Crippen LogP contribution < -0.4 is 16.0 Å². The second-order valence-corrected chi connectivity index (χ2v) is 7.79. The molecule has 0 saturated carbocycles. The fourth-order valence-electron chi connectivity index (χ4n) is 2.61. The van der Waals surface area contributed by atoms with E-state index in [9.17, 15) is 0 Å². The van der Waals surface area contributed by atoms with E-state index in [1.165, 1.54) is 18.6 Å². The van der Waals surface area contributed by atoms with Crippen LogP contribution in [0.4, 0.5) is 5.82 Å². The van der Waals surface area contributed by atoms with Crippen LogP contribution in [0.15, 0.2) is 29.4 Å². The zero-order valence-electron chi connectivity index (χ0n) is 14.7. The summed E-state index contributed by atoms with van der Waals surface area (Å²) in [5.41, 5.74) is 0. The third-order valence-electron chi connectivity index (χ3n) is 4.02. The molecule has 0 radical (unpaired) electrons. The van der Waals surface area contributed by atoms with Crippen molar-refractivity contribution in [3.05, 3.63) is 24.4 Å². The van der Waals surface area contributed by atoms with E-state index >= 15 is 0 Å². The molecule has 1 aliphatic rings. The van der Waals surface area contributed by atoms with Gasteiger partial charge in [0.15, 0.2) is 5.96 Å². The molecular weight excluding hydrogens is 433 g/mol. The molecule has 2 heterocycles. The molecule has 5 nitrogen and oxygen atoms in total. The molecule has 1 aromatic rings. The zero-order valence-corrected chi connectivity index (χ0v) is 17.8. The predicted octanol–water partition coefficient (Wildman–Crippen LogP) is 3.34. The SMILES string of the molecule is CN=C(NCCCCNc1ccccn1)NCC1(C)CCCS1.I. The maximum absolute atomic E-state index is 4.31. The minimum atomic E-state index is 0. The average molecular weight is 463 g/mol. The van der Waals surface area contributed by atoms with E-state index < -0.39 is 0 Å². The molecule has 7 heteroatoms. The van der Waals surface area contributed by atoms with Crippen LogP contribution in [-0.4, -0.2) is 48.1 Å². The molecule has 3 N–H and O–H groups in total. The number of halogens is 1. The summed E-state index contributed by atoms with van der Waals surface area (Å²) in [4.78, 5) is 8.55. The van der Waals surface area contributed by atoms with Gasteiger partial charge >= 0.3 is 0 Å². The lowest BCUT2D eigenvalue weighted by molar-refractivity contribution is 0.583. The van der Waals surface area contributed by atoms with Crippen LogP contribution in [0, 0.1) is 0 Å². The number of hydrogen-bond donors (Lipinski definition) is 3. The fourth-order valence-corrected chi connectivity index (χ4v) is 3.85. The Bertz CT molecular complexity index is 477. The van der Waals surface area contributed by atoms with Crippen molar-refractivity contribution in [1.29, 1.82) is 0 Å². The highest BCUT2D eigenvalue weighted by Crippen LogP contribution is 2.36. The van der Waals surface area contributed by atoms with Crippen molar-refractivity contribution in [1.82, 2.24) is 15.6 Å². The summed E-state index contributed by atoms with van der Waals surface area (Å²) in [6.07, 6.45) is 6.64. The lowest BCUT2D eigenvalue weighted by Crippen LogP contribution is -2.43. The smallest absolute Gasteiger partial charge is 0.191 e. The van der Waals surface area contributed by atoms with Gasteiger partial charge in [-0.05, 0) is 50.5 Å². The topological polar surface area (TPSA) is 61.3 Å². The standard InChI is InChI=1S/C17H29N5S.HI/c1-17(9-7-13-23-17)14-22-16(18-2)21-12-6-5-11-20-15-8-3-4-10-19-15;/h3-4,8,10H,5-7,9,11-14H2,1-2H3,(H,19,20)(H2,18,21,22);1H. The van der Waals surface area contributed by atoms with E-state index in [1.54, 1.807) is 0 Å². The van der Waals surface area contributed by atoms with E-state index in [0.29, 0.717) is 4.75 Å². The Kier molecular flexibility index (Phi) is 10.5. The van der Waals surface area contributed by atoms with Crippen LogP contribution >= 0.6 is 35.7 Å². The van der Waals surface area contributed by atoms with Gasteiger partial charge in [-0.1, -0.05) is 6.07 Å². The van der Waals surface area contributed by atoms with Gasteiger partial charge in [0.2, 0.25) is 0 Å². The molecule has 0 aromatic carbocycles. The van der Waals surface area contributed by atoms with E-state index in [0.717, 1.165) is 44.3 Å². The van der Waals surface area contributed by atoms with Gasteiger partial charge < -0.3 is 16.0 Å². The van der Waals surface area contributed by atoms with Crippen molar-refractivity contribution in [2.45, 2.75) is 37.4 Å². The maximum Gasteiger partial charge on any atom is 0.191 e. The molecule has 0 aliphatic carbocycles. The average Bonchev–Trinajstić information content (AvgIpc) is 3.01.